The molecule has 0 bridgehead atoms. The second kappa shape index (κ2) is 4.72. The SMILES string of the molecule is C[C@H](N)c1nc(-c2ccc(Cl)cc2Cl)cs1. The van der Waals surface area contributed by atoms with Crippen LogP contribution in [-0.4, -0.2) is 4.98 Å². The quantitative estimate of drug-likeness (QED) is 0.893. The Morgan fingerprint density at radius 1 is 1.38 bits per heavy atom. The number of benzene rings is 1. The second-order valence-electron chi connectivity index (χ2n) is 3.48. The first-order chi connectivity index (χ1) is 7.58. The molecule has 0 unspecified atom stereocenters. The van der Waals surface area contributed by atoms with Gasteiger partial charge in [0.05, 0.1) is 16.8 Å². The molecule has 2 rings (SSSR count). The molecule has 0 spiro atoms. The second-order valence-corrected chi connectivity index (χ2v) is 5.22. The Morgan fingerprint density at radius 3 is 2.69 bits per heavy atom. The van der Waals surface area contributed by atoms with Gasteiger partial charge in [-0.3, -0.25) is 0 Å². The molecular formula is C11H10Cl2N2S. The van der Waals surface area contributed by atoms with Gasteiger partial charge in [0.1, 0.15) is 5.01 Å². The third-order valence-electron chi connectivity index (χ3n) is 2.12. The molecule has 0 aliphatic rings. The molecule has 0 saturated carbocycles. The zero-order valence-corrected chi connectivity index (χ0v) is 10.9. The average molecular weight is 273 g/mol. The number of nitrogens with two attached hydrogens (primary N) is 1. The molecule has 2 nitrogen and oxygen atoms in total. The fraction of sp³-hybridized carbons (Fsp3) is 0.182. The molecule has 2 aromatic rings. The Morgan fingerprint density at radius 2 is 2.12 bits per heavy atom. The maximum atomic E-state index is 6.10. The predicted molar refractivity (Wildman–Crippen MR) is 70.2 cm³/mol. The summed E-state index contributed by atoms with van der Waals surface area (Å²) in [6, 6.07) is 5.33. The standard InChI is InChI=1S/C11H10Cl2N2S/c1-6(14)11-15-10(5-16-11)8-3-2-7(12)4-9(8)13/h2-6H,14H2,1H3/t6-/m0/s1. The molecule has 16 heavy (non-hydrogen) atoms. The molecule has 1 heterocycles. The third kappa shape index (κ3) is 2.38. The van der Waals surface area contributed by atoms with Crippen molar-refractivity contribution in [1.82, 2.24) is 4.98 Å². The topological polar surface area (TPSA) is 38.9 Å². The highest BCUT2D eigenvalue weighted by atomic mass is 35.5. The number of aromatic nitrogens is 1. The lowest BCUT2D eigenvalue weighted by Gasteiger charge is -2.01. The number of hydrogen-bond donors (Lipinski definition) is 1. The summed E-state index contributed by atoms with van der Waals surface area (Å²) in [5.41, 5.74) is 7.49. The Kier molecular flexibility index (Phi) is 3.50. The van der Waals surface area contributed by atoms with Crippen LogP contribution in [0.3, 0.4) is 0 Å². The molecule has 0 fully saturated rings. The van der Waals surface area contributed by atoms with E-state index in [1.54, 1.807) is 12.1 Å². The summed E-state index contributed by atoms with van der Waals surface area (Å²) in [5, 5.41) is 4.08. The highest BCUT2D eigenvalue weighted by molar-refractivity contribution is 7.10. The summed E-state index contributed by atoms with van der Waals surface area (Å²) in [5.74, 6) is 0. The molecule has 0 aliphatic carbocycles. The highest BCUT2D eigenvalue weighted by Crippen LogP contribution is 2.31. The van der Waals surface area contributed by atoms with Gasteiger partial charge in [0, 0.05) is 16.0 Å². The zero-order valence-electron chi connectivity index (χ0n) is 8.58. The first-order valence-electron chi connectivity index (χ1n) is 4.74. The lowest BCUT2D eigenvalue weighted by molar-refractivity contribution is 0.808. The van der Waals surface area contributed by atoms with Crippen molar-refractivity contribution in [3.8, 4) is 11.3 Å². The van der Waals surface area contributed by atoms with E-state index < -0.39 is 0 Å². The molecule has 0 saturated heterocycles. The average Bonchev–Trinajstić information content (AvgIpc) is 2.66. The van der Waals surface area contributed by atoms with Crippen molar-refractivity contribution in [2.24, 2.45) is 5.73 Å². The lowest BCUT2D eigenvalue weighted by atomic mass is 10.2. The van der Waals surface area contributed by atoms with E-state index in [9.17, 15) is 0 Å². The van der Waals surface area contributed by atoms with Gasteiger partial charge >= 0.3 is 0 Å². The highest BCUT2D eigenvalue weighted by Gasteiger charge is 2.10. The van der Waals surface area contributed by atoms with Gasteiger partial charge in [0.2, 0.25) is 0 Å². The molecule has 2 N–H and O–H groups in total. The fourth-order valence-corrected chi connectivity index (χ4v) is 2.60. The maximum Gasteiger partial charge on any atom is 0.110 e. The van der Waals surface area contributed by atoms with Gasteiger partial charge in [-0.15, -0.1) is 11.3 Å². The van der Waals surface area contributed by atoms with Crippen LogP contribution in [0.4, 0.5) is 0 Å². The molecule has 0 radical (unpaired) electrons. The summed E-state index contributed by atoms with van der Waals surface area (Å²) >= 11 is 13.5. The van der Waals surface area contributed by atoms with Gasteiger partial charge in [-0.25, -0.2) is 4.98 Å². The van der Waals surface area contributed by atoms with Crippen LogP contribution in [0.5, 0.6) is 0 Å². The summed E-state index contributed by atoms with van der Waals surface area (Å²) in [6.45, 7) is 1.91. The lowest BCUT2D eigenvalue weighted by Crippen LogP contribution is -2.03. The molecule has 0 aliphatic heterocycles. The number of hydrogen-bond acceptors (Lipinski definition) is 3. The molecule has 0 amide bonds. The molecule has 1 atom stereocenters. The van der Waals surface area contributed by atoms with E-state index in [1.807, 2.05) is 18.4 Å². The van der Waals surface area contributed by atoms with E-state index in [1.165, 1.54) is 11.3 Å². The van der Waals surface area contributed by atoms with Gasteiger partial charge in [-0.1, -0.05) is 23.2 Å². The summed E-state index contributed by atoms with van der Waals surface area (Å²) in [4.78, 5) is 4.44. The predicted octanol–water partition coefficient (Wildman–Crippen LogP) is 4.14. The maximum absolute atomic E-state index is 6.10. The van der Waals surface area contributed by atoms with Crippen molar-refractivity contribution in [3.05, 3.63) is 38.6 Å². The van der Waals surface area contributed by atoms with Crippen LogP contribution in [0.15, 0.2) is 23.6 Å². The molecule has 1 aromatic heterocycles. The van der Waals surface area contributed by atoms with Crippen LogP contribution in [-0.2, 0) is 0 Å². The van der Waals surface area contributed by atoms with Crippen molar-refractivity contribution in [3.63, 3.8) is 0 Å². The minimum atomic E-state index is -0.0511. The Bertz CT molecular complexity index is 508. The first kappa shape index (κ1) is 11.9. The van der Waals surface area contributed by atoms with Crippen molar-refractivity contribution < 1.29 is 0 Å². The number of rotatable bonds is 2. The van der Waals surface area contributed by atoms with Crippen LogP contribution in [0, 0.1) is 0 Å². The van der Waals surface area contributed by atoms with Crippen molar-refractivity contribution >= 4 is 34.5 Å². The van der Waals surface area contributed by atoms with E-state index in [-0.39, 0.29) is 6.04 Å². The van der Waals surface area contributed by atoms with E-state index >= 15 is 0 Å². The van der Waals surface area contributed by atoms with E-state index in [0.717, 1.165) is 16.3 Å². The molecule has 84 valence electrons. The normalized spacial score (nSPS) is 12.8. The van der Waals surface area contributed by atoms with Crippen LogP contribution in [0.25, 0.3) is 11.3 Å². The Labute approximate surface area is 108 Å². The van der Waals surface area contributed by atoms with Crippen molar-refractivity contribution in [2.75, 3.05) is 0 Å². The minimum Gasteiger partial charge on any atom is -0.322 e. The van der Waals surface area contributed by atoms with Gasteiger partial charge < -0.3 is 5.73 Å². The monoisotopic (exact) mass is 272 g/mol. The van der Waals surface area contributed by atoms with Gasteiger partial charge in [-0.05, 0) is 25.1 Å². The summed E-state index contributed by atoms with van der Waals surface area (Å²) in [7, 11) is 0. The summed E-state index contributed by atoms with van der Waals surface area (Å²) in [6.07, 6.45) is 0. The smallest absolute Gasteiger partial charge is 0.110 e. The number of halogens is 2. The third-order valence-corrected chi connectivity index (χ3v) is 3.71. The van der Waals surface area contributed by atoms with Gasteiger partial charge in [0.25, 0.3) is 0 Å². The Balaban J connectivity index is 2.42. The van der Waals surface area contributed by atoms with Crippen LogP contribution >= 0.6 is 34.5 Å². The van der Waals surface area contributed by atoms with Gasteiger partial charge in [0.15, 0.2) is 0 Å². The van der Waals surface area contributed by atoms with E-state index in [2.05, 4.69) is 4.98 Å². The van der Waals surface area contributed by atoms with Crippen molar-refractivity contribution in [2.45, 2.75) is 13.0 Å². The molecular weight excluding hydrogens is 263 g/mol. The van der Waals surface area contributed by atoms with E-state index in [4.69, 9.17) is 28.9 Å². The van der Waals surface area contributed by atoms with Crippen LogP contribution in [0.2, 0.25) is 10.0 Å². The molecule has 5 heteroatoms. The minimum absolute atomic E-state index is 0.0511. The number of thiazole rings is 1. The molecule has 1 aromatic carbocycles. The van der Waals surface area contributed by atoms with Crippen LogP contribution < -0.4 is 5.73 Å². The van der Waals surface area contributed by atoms with Crippen molar-refractivity contribution in [1.29, 1.82) is 0 Å². The largest absolute Gasteiger partial charge is 0.322 e. The van der Waals surface area contributed by atoms with E-state index in [0.29, 0.717) is 10.0 Å². The summed E-state index contributed by atoms with van der Waals surface area (Å²) < 4.78 is 0. The number of nitrogens with zero attached hydrogens (tertiary/aromatic N) is 1. The van der Waals surface area contributed by atoms with Crippen LogP contribution in [0.1, 0.15) is 18.0 Å². The Hall–Kier alpha value is -0.610. The zero-order chi connectivity index (χ0) is 11.7. The first-order valence-corrected chi connectivity index (χ1v) is 6.38. The van der Waals surface area contributed by atoms with Gasteiger partial charge in [-0.2, -0.15) is 0 Å². The fourth-order valence-electron chi connectivity index (χ4n) is 1.32.